The molecule has 0 aliphatic heterocycles. The molecular formula is C6H3BF2Na2O3. The molecule has 0 aliphatic carbocycles. The minimum absolute atomic E-state index is 0. The number of benzene rings is 1. The first-order valence-electron chi connectivity index (χ1n) is 3.02. The van der Waals surface area contributed by atoms with E-state index in [9.17, 15) is 18.8 Å². The molecule has 0 unspecified atom stereocenters. The maximum absolute atomic E-state index is 12.4. The summed E-state index contributed by atoms with van der Waals surface area (Å²) in [7, 11) is -2.58. The quantitative estimate of drug-likeness (QED) is 0.463. The average Bonchev–Trinajstić information content (AvgIpc) is 1.81. The molecule has 1 aromatic carbocycles. The molecular weight excluding hydrogens is 215 g/mol. The molecule has 8 heteroatoms. The fourth-order valence-corrected chi connectivity index (χ4v) is 0.708. The zero-order chi connectivity index (χ0) is 9.14. The SMILES string of the molecule is [Na+].[Na+].[O-]B([O-])Oc1cc(F)cc(F)c1. The minimum Gasteiger partial charge on any atom is -0.860 e. The molecule has 1 aromatic rings. The van der Waals surface area contributed by atoms with E-state index in [4.69, 9.17) is 0 Å². The Labute approximate surface area is 124 Å². The van der Waals surface area contributed by atoms with E-state index in [1.54, 1.807) is 0 Å². The fourth-order valence-electron chi connectivity index (χ4n) is 0.708. The first-order chi connectivity index (χ1) is 5.58. The summed E-state index contributed by atoms with van der Waals surface area (Å²) >= 11 is 0. The monoisotopic (exact) mass is 218 g/mol. The maximum atomic E-state index is 12.4. The smallest absolute Gasteiger partial charge is 0.860 e. The third kappa shape index (κ3) is 6.37. The minimum atomic E-state index is -2.58. The Kier molecular flexibility index (Phi) is 9.95. The molecule has 0 fully saturated rings. The molecule has 14 heavy (non-hydrogen) atoms. The summed E-state index contributed by atoms with van der Waals surface area (Å²) in [6.45, 7) is 0. The molecule has 0 saturated carbocycles. The third-order valence-corrected chi connectivity index (χ3v) is 1.07. The Morgan fingerprint density at radius 3 is 1.79 bits per heavy atom. The van der Waals surface area contributed by atoms with Gasteiger partial charge in [0.05, 0.1) is 0 Å². The zero-order valence-corrected chi connectivity index (χ0v) is 11.8. The molecule has 0 N–H and O–H groups in total. The van der Waals surface area contributed by atoms with Gasteiger partial charge in [-0.25, -0.2) is 8.78 Å². The van der Waals surface area contributed by atoms with Gasteiger partial charge < -0.3 is 14.7 Å². The second-order valence-corrected chi connectivity index (χ2v) is 2.01. The standard InChI is InChI=1S/C6H3BF2O3.2Na/c8-4-1-5(9)3-6(2-4)12-7(10)11;;/h1-3H;;/q-2;2*+1. The van der Waals surface area contributed by atoms with E-state index < -0.39 is 24.7 Å². The van der Waals surface area contributed by atoms with Gasteiger partial charge in [-0.15, -0.1) is 0 Å². The normalized spacial score (nSPS) is 8.29. The van der Waals surface area contributed by atoms with Crippen molar-refractivity contribution in [2.75, 3.05) is 0 Å². The van der Waals surface area contributed by atoms with Gasteiger partial charge in [0.25, 0.3) is 0 Å². The summed E-state index contributed by atoms with van der Waals surface area (Å²) in [4.78, 5) is 0. The Balaban J connectivity index is 0. The van der Waals surface area contributed by atoms with Gasteiger partial charge in [-0.1, -0.05) is 0 Å². The van der Waals surface area contributed by atoms with Gasteiger partial charge in [-0.3, -0.25) is 0 Å². The molecule has 0 aromatic heterocycles. The van der Waals surface area contributed by atoms with Crippen LogP contribution in [0.5, 0.6) is 5.75 Å². The largest absolute Gasteiger partial charge is 1.00 e. The molecule has 0 heterocycles. The van der Waals surface area contributed by atoms with Crippen molar-refractivity contribution in [2.24, 2.45) is 0 Å². The maximum Gasteiger partial charge on any atom is 1.00 e. The topological polar surface area (TPSA) is 55.3 Å². The van der Waals surface area contributed by atoms with Crippen molar-refractivity contribution in [3.05, 3.63) is 29.8 Å². The number of halogens is 2. The predicted molar refractivity (Wildman–Crippen MR) is 32.7 cm³/mol. The molecule has 3 nitrogen and oxygen atoms in total. The van der Waals surface area contributed by atoms with Crippen molar-refractivity contribution in [1.82, 2.24) is 0 Å². The molecule has 0 aliphatic rings. The predicted octanol–water partition coefficient (Wildman–Crippen LogP) is -6.94. The first kappa shape index (κ1) is 17.3. The second-order valence-electron chi connectivity index (χ2n) is 2.01. The summed E-state index contributed by atoms with van der Waals surface area (Å²) in [5, 5.41) is 19.8. The van der Waals surface area contributed by atoms with Crippen molar-refractivity contribution in [3.63, 3.8) is 0 Å². The van der Waals surface area contributed by atoms with Crippen LogP contribution >= 0.6 is 0 Å². The van der Waals surface area contributed by atoms with Gasteiger partial charge >= 0.3 is 59.1 Å². The molecule has 64 valence electrons. The van der Waals surface area contributed by atoms with Crippen LogP contribution in [0.2, 0.25) is 0 Å². The zero-order valence-electron chi connectivity index (χ0n) is 7.79. The van der Waals surface area contributed by atoms with Crippen LogP contribution in [0.3, 0.4) is 0 Å². The van der Waals surface area contributed by atoms with Crippen LogP contribution in [0.4, 0.5) is 8.78 Å². The first-order valence-corrected chi connectivity index (χ1v) is 3.02. The van der Waals surface area contributed by atoms with Crippen molar-refractivity contribution < 1.29 is 82.6 Å². The second kappa shape index (κ2) is 8.07. The summed E-state index contributed by atoms with van der Waals surface area (Å²) in [6, 6.07) is 2.12. The van der Waals surface area contributed by atoms with Gasteiger partial charge in [-0.2, -0.15) is 0 Å². The Hall–Kier alpha value is 0.865. The van der Waals surface area contributed by atoms with Crippen LogP contribution in [-0.2, 0) is 0 Å². The molecule has 0 amide bonds. The number of rotatable bonds is 2. The molecule has 0 spiro atoms. The van der Waals surface area contributed by atoms with E-state index in [1.807, 2.05) is 0 Å². The van der Waals surface area contributed by atoms with Gasteiger partial charge in [0.1, 0.15) is 24.7 Å². The van der Waals surface area contributed by atoms with E-state index in [2.05, 4.69) is 4.65 Å². The van der Waals surface area contributed by atoms with Crippen LogP contribution in [0.25, 0.3) is 0 Å². The fraction of sp³-hybridized carbons (Fsp3) is 0. The summed E-state index contributed by atoms with van der Waals surface area (Å²) in [5.74, 6) is -2.20. The van der Waals surface area contributed by atoms with Crippen LogP contribution in [0, 0.1) is 11.6 Å². The van der Waals surface area contributed by atoms with Gasteiger partial charge in [0, 0.05) is 18.2 Å². The van der Waals surface area contributed by atoms with Gasteiger partial charge in [0.15, 0.2) is 0 Å². The molecule has 0 bridgehead atoms. The number of hydrogen-bond donors (Lipinski definition) is 0. The van der Waals surface area contributed by atoms with Crippen molar-refractivity contribution in [2.45, 2.75) is 0 Å². The number of hydrogen-bond acceptors (Lipinski definition) is 3. The van der Waals surface area contributed by atoms with Crippen molar-refractivity contribution >= 4 is 7.32 Å². The molecule has 0 radical (unpaired) electrons. The summed E-state index contributed by atoms with van der Waals surface area (Å²) in [6.07, 6.45) is 0. The van der Waals surface area contributed by atoms with Gasteiger partial charge in [-0.05, 0) is 0 Å². The van der Waals surface area contributed by atoms with Crippen LogP contribution in [0.1, 0.15) is 0 Å². The Morgan fingerprint density at radius 2 is 1.43 bits per heavy atom. The van der Waals surface area contributed by atoms with E-state index >= 15 is 0 Å². The van der Waals surface area contributed by atoms with Crippen molar-refractivity contribution in [1.29, 1.82) is 0 Å². The van der Waals surface area contributed by atoms with Crippen LogP contribution < -0.4 is 73.8 Å². The van der Waals surface area contributed by atoms with E-state index in [-0.39, 0.29) is 59.1 Å². The summed E-state index contributed by atoms with van der Waals surface area (Å²) in [5.41, 5.74) is 0. The Morgan fingerprint density at radius 1 is 1.00 bits per heavy atom. The van der Waals surface area contributed by atoms with Crippen molar-refractivity contribution in [3.8, 4) is 5.75 Å². The van der Waals surface area contributed by atoms with Crippen LogP contribution in [0.15, 0.2) is 18.2 Å². The Bertz CT molecular complexity index is 268. The molecule has 0 atom stereocenters. The van der Waals surface area contributed by atoms with Gasteiger partial charge in [0.2, 0.25) is 0 Å². The van der Waals surface area contributed by atoms with E-state index in [0.29, 0.717) is 6.07 Å². The summed E-state index contributed by atoms with van der Waals surface area (Å²) < 4.78 is 28.7. The average molecular weight is 218 g/mol. The van der Waals surface area contributed by atoms with E-state index in [1.165, 1.54) is 0 Å². The van der Waals surface area contributed by atoms with E-state index in [0.717, 1.165) is 12.1 Å². The molecule has 0 saturated heterocycles. The van der Waals surface area contributed by atoms with Crippen LogP contribution in [-0.4, -0.2) is 7.32 Å². The molecule has 1 rings (SSSR count). The third-order valence-electron chi connectivity index (χ3n) is 1.07.